The first-order chi connectivity index (χ1) is 9.47. The van der Waals surface area contributed by atoms with E-state index in [2.05, 4.69) is 5.32 Å². The van der Waals surface area contributed by atoms with Crippen molar-refractivity contribution in [3.63, 3.8) is 0 Å². The molecule has 1 aliphatic rings. The third-order valence-electron chi connectivity index (χ3n) is 3.38. The van der Waals surface area contributed by atoms with Gasteiger partial charge in [0.05, 0.1) is 3.57 Å². The minimum Gasteiger partial charge on any atom is -0.507 e. The summed E-state index contributed by atoms with van der Waals surface area (Å²) in [7, 11) is 0. The zero-order valence-corrected chi connectivity index (χ0v) is 13.4. The number of nitrogens with one attached hydrogen (secondary N) is 1. The second-order valence-electron chi connectivity index (χ2n) is 4.93. The number of phenols is 1. The number of carbonyl (C=O) groups excluding carboxylic acids is 2. The summed E-state index contributed by atoms with van der Waals surface area (Å²) in [5, 5.41) is 12.5. The van der Waals surface area contributed by atoms with Crippen LogP contribution in [0.4, 0.5) is 0 Å². The van der Waals surface area contributed by atoms with Gasteiger partial charge in [0, 0.05) is 31.6 Å². The number of hydrogen-bond donors (Lipinski definition) is 2. The van der Waals surface area contributed by atoms with Crippen molar-refractivity contribution < 1.29 is 14.7 Å². The van der Waals surface area contributed by atoms with Crippen molar-refractivity contribution in [2.24, 2.45) is 0 Å². The van der Waals surface area contributed by atoms with Crippen LogP contribution in [0.15, 0.2) is 18.2 Å². The van der Waals surface area contributed by atoms with Crippen LogP contribution in [-0.2, 0) is 4.79 Å². The Labute approximate surface area is 131 Å². The van der Waals surface area contributed by atoms with Crippen molar-refractivity contribution in [1.29, 1.82) is 0 Å². The molecule has 5 nitrogen and oxygen atoms in total. The number of benzene rings is 1. The summed E-state index contributed by atoms with van der Waals surface area (Å²) in [6.45, 7) is 2.75. The van der Waals surface area contributed by atoms with E-state index in [1.54, 1.807) is 17.0 Å². The molecule has 0 spiro atoms. The molecule has 1 fully saturated rings. The third-order valence-corrected chi connectivity index (χ3v) is 4.29. The van der Waals surface area contributed by atoms with E-state index in [1.807, 2.05) is 22.6 Å². The average Bonchev–Trinajstić information content (AvgIpc) is 2.41. The molecule has 1 aliphatic heterocycles. The SMILES string of the molecule is CC(=O)NC1CCN(C(=O)c2ccc(I)c(O)c2)CC1. The lowest BCUT2D eigenvalue weighted by molar-refractivity contribution is -0.119. The van der Waals surface area contributed by atoms with Gasteiger partial charge in [0.2, 0.25) is 5.91 Å². The van der Waals surface area contributed by atoms with Gasteiger partial charge in [0.25, 0.3) is 5.91 Å². The molecular weight excluding hydrogens is 371 g/mol. The van der Waals surface area contributed by atoms with Crippen molar-refractivity contribution >= 4 is 34.4 Å². The van der Waals surface area contributed by atoms with E-state index < -0.39 is 0 Å². The minimum absolute atomic E-state index is 0.0302. The molecule has 0 aliphatic carbocycles. The molecule has 0 saturated carbocycles. The van der Waals surface area contributed by atoms with Gasteiger partial charge in [0.15, 0.2) is 0 Å². The summed E-state index contributed by atoms with van der Waals surface area (Å²) < 4.78 is 0.725. The number of carbonyl (C=O) groups is 2. The number of halogens is 1. The van der Waals surface area contributed by atoms with Gasteiger partial charge < -0.3 is 15.3 Å². The molecule has 0 unspecified atom stereocenters. The largest absolute Gasteiger partial charge is 0.507 e. The standard InChI is InChI=1S/C14H17IN2O3/c1-9(18)16-11-4-6-17(7-5-11)14(20)10-2-3-12(15)13(19)8-10/h2-3,8,11,19H,4-7H2,1H3,(H,16,18). The van der Waals surface area contributed by atoms with Gasteiger partial charge in [-0.1, -0.05) is 0 Å². The lowest BCUT2D eigenvalue weighted by Crippen LogP contribution is -2.46. The molecule has 1 heterocycles. The van der Waals surface area contributed by atoms with E-state index >= 15 is 0 Å². The van der Waals surface area contributed by atoms with Crippen LogP contribution in [0.1, 0.15) is 30.1 Å². The van der Waals surface area contributed by atoms with Gasteiger partial charge in [-0.15, -0.1) is 0 Å². The zero-order valence-electron chi connectivity index (χ0n) is 11.2. The summed E-state index contributed by atoms with van der Waals surface area (Å²) in [4.78, 5) is 25.1. The maximum atomic E-state index is 12.3. The Bertz CT molecular complexity index is 525. The summed E-state index contributed by atoms with van der Waals surface area (Å²) in [5.74, 6) is 0.0277. The van der Waals surface area contributed by atoms with Crippen molar-refractivity contribution in [3.05, 3.63) is 27.3 Å². The highest BCUT2D eigenvalue weighted by Gasteiger charge is 2.24. The van der Waals surface area contributed by atoms with Crippen LogP contribution < -0.4 is 5.32 Å². The first-order valence-corrected chi connectivity index (χ1v) is 7.60. The highest BCUT2D eigenvalue weighted by molar-refractivity contribution is 14.1. The molecule has 0 atom stereocenters. The zero-order chi connectivity index (χ0) is 14.7. The van der Waals surface area contributed by atoms with Crippen LogP contribution in [0.3, 0.4) is 0 Å². The Kier molecular flexibility index (Phi) is 4.85. The van der Waals surface area contributed by atoms with Crippen molar-refractivity contribution in [1.82, 2.24) is 10.2 Å². The van der Waals surface area contributed by atoms with E-state index in [9.17, 15) is 14.7 Å². The smallest absolute Gasteiger partial charge is 0.253 e. The first-order valence-electron chi connectivity index (χ1n) is 6.52. The second-order valence-corrected chi connectivity index (χ2v) is 6.10. The predicted octanol–water partition coefficient (Wildman–Crippen LogP) is 1.74. The van der Waals surface area contributed by atoms with Crippen LogP contribution in [0, 0.1) is 3.57 Å². The number of likely N-dealkylation sites (tertiary alicyclic amines) is 1. The fraction of sp³-hybridized carbons (Fsp3) is 0.429. The number of rotatable bonds is 2. The Balaban J connectivity index is 1.97. The second kappa shape index (κ2) is 6.43. The highest BCUT2D eigenvalue weighted by Crippen LogP contribution is 2.22. The molecule has 6 heteroatoms. The van der Waals surface area contributed by atoms with E-state index in [0.29, 0.717) is 18.7 Å². The molecular formula is C14H17IN2O3. The van der Waals surface area contributed by atoms with Crippen LogP contribution in [0.2, 0.25) is 0 Å². The molecule has 2 rings (SSSR count). The molecule has 0 radical (unpaired) electrons. The quantitative estimate of drug-likeness (QED) is 0.759. The third kappa shape index (κ3) is 3.62. The molecule has 20 heavy (non-hydrogen) atoms. The predicted molar refractivity (Wildman–Crippen MR) is 83.6 cm³/mol. The maximum absolute atomic E-state index is 12.3. The monoisotopic (exact) mass is 388 g/mol. The Morgan fingerprint density at radius 3 is 2.55 bits per heavy atom. The molecule has 1 aromatic rings. The van der Waals surface area contributed by atoms with E-state index in [0.717, 1.165) is 16.4 Å². The molecule has 2 N–H and O–H groups in total. The van der Waals surface area contributed by atoms with Crippen molar-refractivity contribution in [2.75, 3.05) is 13.1 Å². The van der Waals surface area contributed by atoms with Crippen molar-refractivity contribution in [2.45, 2.75) is 25.8 Å². The number of amides is 2. The first kappa shape index (κ1) is 15.1. The molecule has 0 bridgehead atoms. The number of phenolic OH excluding ortho intramolecular Hbond substituents is 1. The molecule has 1 aromatic carbocycles. The van der Waals surface area contributed by atoms with E-state index in [4.69, 9.17) is 0 Å². The molecule has 108 valence electrons. The molecule has 1 saturated heterocycles. The number of nitrogens with zero attached hydrogens (tertiary/aromatic N) is 1. The van der Waals surface area contributed by atoms with Gasteiger partial charge >= 0.3 is 0 Å². The molecule has 2 amide bonds. The number of hydrogen-bond acceptors (Lipinski definition) is 3. The lowest BCUT2D eigenvalue weighted by atomic mass is 10.0. The van der Waals surface area contributed by atoms with Crippen molar-refractivity contribution in [3.8, 4) is 5.75 Å². The van der Waals surface area contributed by atoms with Gasteiger partial charge in [-0.05, 0) is 53.6 Å². The maximum Gasteiger partial charge on any atom is 0.253 e. The Morgan fingerprint density at radius 1 is 1.35 bits per heavy atom. The van der Waals surface area contributed by atoms with Gasteiger partial charge in [0.1, 0.15) is 5.75 Å². The van der Waals surface area contributed by atoms with Crippen LogP contribution in [-0.4, -0.2) is 41.0 Å². The van der Waals surface area contributed by atoms with Crippen LogP contribution >= 0.6 is 22.6 Å². The average molecular weight is 388 g/mol. The summed E-state index contributed by atoms with van der Waals surface area (Å²) in [6, 6.07) is 5.11. The summed E-state index contributed by atoms with van der Waals surface area (Å²) >= 11 is 2.02. The summed E-state index contributed by atoms with van der Waals surface area (Å²) in [6.07, 6.45) is 1.53. The highest BCUT2D eigenvalue weighted by atomic mass is 127. The van der Waals surface area contributed by atoms with Crippen LogP contribution in [0.5, 0.6) is 5.75 Å². The normalized spacial score (nSPS) is 16.0. The Hall–Kier alpha value is -1.31. The van der Waals surface area contributed by atoms with E-state index in [1.165, 1.54) is 13.0 Å². The van der Waals surface area contributed by atoms with E-state index in [-0.39, 0.29) is 23.6 Å². The minimum atomic E-state index is -0.0713. The Morgan fingerprint density at radius 2 is 2.00 bits per heavy atom. The lowest BCUT2D eigenvalue weighted by Gasteiger charge is -2.32. The van der Waals surface area contributed by atoms with Gasteiger partial charge in [-0.25, -0.2) is 0 Å². The fourth-order valence-corrected chi connectivity index (χ4v) is 2.68. The van der Waals surface area contributed by atoms with Gasteiger partial charge in [-0.2, -0.15) is 0 Å². The topological polar surface area (TPSA) is 69.6 Å². The van der Waals surface area contributed by atoms with Gasteiger partial charge in [-0.3, -0.25) is 9.59 Å². The fourth-order valence-electron chi connectivity index (χ4n) is 2.34. The number of piperidine rings is 1. The van der Waals surface area contributed by atoms with Crippen LogP contribution in [0.25, 0.3) is 0 Å². The molecule has 0 aromatic heterocycles. The number of aromatic hydroxyl groups is 1. The summed E-state index contributed by atoms with van der Waals surface area (Å²) in [5.41, 5.74) is 0.501.